The van der Waals surface area contributed by atoms with Crippen molar-refractivity contribution in [1.82, 2.24) is 10.6 Å². The van der Waals surface area contributed by atoms with Gasteiger partial charge in [-0.2, -0.15) is 0 Å². The molecule has 2 aromatic carbocycles. The third-order valence-corrected chi connectivity index (χ3v) is 4.78. The maximum Gasteiger partial charge on any atom is 0.343 e. The quantitative estimate of drug-likeness (QED) is 0.280. The molecule has 0 spiro atoms. The number of nitrogens with one attached hydrogen (secondary N) is 2. The molecule has 11 nitrogen and oxygen atoms in total. The van der Waals surface area contributed by atoms with E-state index in [2.05, 4.69) is 10.6 Å². The Balaban J connectivity index is 1.92. The molecule has 2 N–H and O–H groups in total. The topological polar surface area (TPSA) is 146 Å². The number of urea groups is 1. The number of nitro groups is 1. The van der Waals surface area contributed by atoms with Gasteiger partial charge in [0.2, 0.25) is 0 Å². The molecule has 1 aliphatic heterocycles. The Hall–Kier alpha value is -4.41. The lowest BCUT2D eigenvalue weighted by Gasteiger charge is -2.28. The molecule has 1 heterocycles. The minimum Gasteiger partial charge on any atom is -0.493 e. The van der Waals surface area contributed by atoms with Crippen LogP contribution >= 0.6 is 0 Å². The molecule has 1 aliphatic rings. The van der Waals surface area contributed by atoms with Gasteiger partial charge in [0.15, 0.2) is 11.5 Å². The van der Waals surface area contributed by atoms with E-state index in [0.717, 1.165) is 6.07 Å². The highest BCUT2D eigenvalue weighted by Gasteiger charge is 2.32. The van der Waals surface area contributed by atoms with Crippen LogP contribution in [-0.2, 0) is 9.53 Å². The van der Waals surface area contributed by atoms with Crippen LogP contribution in [0.3, 0.4) is 0 Å². The van der Waals surface area contributed by atoms with Gasteiger partial charge in [-0.15, -0.1) is 0 Å². The summed E-state index contributed by atoms with van der Waals surface area (Å²) in [7, 11) is 1.36. The summed E-state index contributed by atoms with van der Waals surface area (Å²) < 4.78 is 15.8. The van der Waals surface area contributed by atoms with Gasteiger partial charge >= 0.3 is 18.0 Å². The van der Waals surface area contributed by atoms with Crippen LogP contribution in [-0.4, -0.2) is 36.6 Å². The fourth-order valence-electron chi connectivity index (χ4n) is 3.28. The number of nitrogens with zero attached hydrogens (tertiary/aromatic N) is 1. The number of nitro benzene ring substituents is 1. The van der Waals surface area contributed by atoms with Gasteiger partial charge in [-0.3, -0.25) is 10.1 Å². The third-order valence-electron chi connectivity index (χ3n) is 4.78. The first-order valence-corrected chi connectivity index (χ1v) is 9.85. The molecule has 172 valence electrons. The Bertz CT molecular complexity index is 1160. The van der Waals surface area contributed by atoms with E-state index in [4.69, 9.17) is 14.2 Å². The predicted molar refractivity (Wildman–Crippen MR) is 115 cm³/mol. The van der Waals surface area contributed by atoms with Gasteiger partial charge < -0.3 is 24.8 Å². The zero-order valence-electron chi connectivity index (χ0n) is 18.0. The predicted octanol–water partition coefficient (Wildman–Crippen LogP) is 3.01. The first-order chi connectivity index (χ1) is 15.7. The second kappa shape index (κ2) is 9.81. The Labute approximate surface area is 188 Å². The van der Waals surface area contributed by atoms with Crippen molar-refractivity contribution in [3.63, 3.8) is 0 Å². The number of ether oxygens (including phenoxy) is 3. The summed E-state index contributed by atoms with van der Waals surface area (Å²) in [6.45, 7) is 3.42. The molecule has 0 radical (unpaired) electrons. The van der Waals surface area contributed by atoms with Gasteiger partial charge in [0.1, 0.15) is 0 Å². The third kappa shape index (κ3) is 5.09. The molecule has 1 atom stereocenters. The van der Waals surface area contributed by atoms with E-state index >= 15 is 0 Å². The van der Waals surface area contributed by atoms with Gasteiger partial charge in [0.05, 0.1) is 35.8 Å². The van der Waals surface area contributed by atoms with Crippen molar-refractivity contribution in [2.75, 3.05) is 13.7 Å². The number of carbonyl (C=O) groups is 3. The minimum atomic E-state index is -0.826. The van der Waals surface area contributed by atoms with Crippen LogP contribution in [0.4, 0.5) is 10.5 Å². The van der Waals surface area contributed by atoms with Crippen LogP contribution in [0, 0.1) is 10.1 Å². The van der Waals surface area contributed by atoms with Crippen molar-refractivity contribution in [2.45, 2.75) is 19.9 Å². The fourth-order valence-corrected chi connectivity index (χ4v) is 3.28. The van der Waals surface area contributed by atoms with Crippen molar-refractivity contribution in [3.8, 4) is 11.5 Å². The Morgan fingerprint density at radius 1 is 1.12 bits per heavy atom. The molecule has 0 fully saturated rings. The van der Waals surface area contributed by atoms with Crippen molar-refractivity contribution < 1.29 is 33.5 Å². The molecule has 0 aliphatic carbocycles. The summed E-state index contributed by atoms with van der Waals surface area (Å²) >= 11 is 0. The molecule has 1 unspecified atom stereocenters. The molecule has 2 aromatic rings. The summed E-state index contributed by atoms with van der Waals surface area (Å²) in [6.07, 6.45) is 0. The number of rotatable bonds is 7. The smallest absolute Gasteiger partial charge is 0.343 e. The molecule has 3 rings (SSSR count). The summed E-state index contributed by atoms with van der Waals surface area (Å²) in [5.41, 5.74) is 0.799. The van der Waals surface area contributed by atoms with Crippen LogP contribution in [0.1, 0.15) is 35.8 Å². The molecule has 0 bridgehead atoms. The zero-order valence-corrected chi connectivity index (χ0v) is 18.0. The van der Waals surface area contributed by atoms with Crippen molar-refractivity contribution in [3.05, 3.63) is 75.0 Å². The molecule has 0 saturated heterocycles. The van der Waals surface area contributed by atoms with Crippen molar-refractivity contribution >= 4 is 23.7 Å². The molecular formula is C22H21N3O8. The average Bonchev–Trinajstić information content (AvgIpc) is 2.78. The maximum atomic E-state index is 12.5. The monoisotopic (exact) mass is 455 g/mol. The molecule has 11 heteroatoms. The van der Waals surface area contributed by atoms with Gasteiger partial charge in [-0.1, -0.05) is 12.1 Å². The Morgan fingerprint density at radius 3 is 2.55 bits per heavy atom. The lowest BCUT2D eigenvalue weighted by molar-refractivity contribution is -0.384. The van der Waals surface area contributed by atoms with E-state index in [9.17, 15) is 24.5 Å². The zero-order chi connectivity index (χ0) is 24.1. The van der Waals surface area contributed by atoms with Crippen LogP contribution in [0.15, 0.2) is 53.7 Å². The number of hydrogen-bond donors (Lipinski definition) is 2. The molecular weight excluding hydrogens is 434 g/mol. The fraction of sp³-hybridized carbons (Fsp3) is 0.227. The second-order valence-electron chi connectivity index (χ2n) is 6.90. The number of benzene rings is 2. The highest BCUT2D eigenvalue weighted by molar-refractivity contribution is 5.95. The van der Waals surface area contributed by atoms with E-state index < -0.39 is 28.9 Å². The van der Waals surface area contributed by atoms with Gasteiger partial charge in [0.25, 0.3) is 5.69 Å². The number of hydrogen-bond acceptors (Lipinski definition) is 8. The SMILES string of the molecule is CCOC(=O)C1=C(C)NC(=O)NC1c1ccc(OC(=O)c2cccc([N+](=O)[O-])c2)c(OC)c1. The summed E-state index contributed by atoms with van der Waals surface area (Å²) in [6, 6.07) is 8.32. The lowest BCUT2D eigenvalue weighted by Crippen LogP contribution is -2.45. The van der Waals surface area contributed by atoms with Crippen molar-refractivity contribution in [1.29, 1.82) is 0 Å². The van der Waals surface area contributed by atoms with E-state index in [1.165, 1.54) is 37.4 Å². The first kappa shape index (κ1) is 23.3. The van der Waals surface area contributed by atoms with Crippen LogP contribution in [0.25, 0.3) is 0 Å². The summed E-state index contributed by atoms with van der Waals surface area (Å²) in [5.74, 6) is -1.20. The Morgan fingerprint density at radius 2 is 1.88 bits per heavy atom. The van der Waals surface area contributed by atoms with E-state index in [1.807, 2.05) is 0 Å². The maximum absolute atomic E-state index is 12.5. The Kier molecular flexibility index (Phi) is 6.91. The van der Waals surface area contributed by atoms with Crippen molar-refractivity contribution in [2.24, 2.45) is 0 Å². The van der Waals surface area contributed by atoms with E-state index in [1.54, 1.807) is 19.9 Å². The van der Waals surface area contributed by atoms with Gasteiger partial charge in [-0.05, 0) is 37.6 Å². The second-order valence-corrected chi connectivity index (χ2v) is 6.90. The highest BCUT2D eigenvalue weighted by Crippen LogP contribution is 2.35. The molecule has 2 amide bonds. The number of esters is 2. The number of allylic oxidation sites excluding steroid dienone is 1. The average molecular weight is 455 g/mol. The number of methoxy groups -OCH3 is 1. The number of non-ortho nitro benzene ring substituents is 1. The number of carbonyl (C=O) groups excluding carboxylic acids is 3. The van der Waals surface area contributed by atoms with Crippen LogP contribution < -0.4 is 20.1 Å². The van der Waals surface area contributed by atoms with E-state index in [-0.39, 0.29) is 34.9 Å². The standard InChI is InChI=1S/C22H21N3O8/c1-4-32-21(27)18-12(2)23-22(28)24-19(18)13-8-9-16(17(11-13)31-3)33-20(26)14-6-5-7-15(10-14)25(29)30/h5-11,19H,4H2,1-3H3,(H2,23,24,28). The first-order valence-electron chi connectivity index (χ1n) is 9.85. The molecule has 0 aromatic heterocycles. The van der Waals surface area contributed by atoms with Gasteiger partial charge in [0, 0.05) is 17.8 Å². The molecule has 33 heavy (non-hydrogen) atoms. The minimum absolute atomic E-state index is 0.0101. The normalized spacial score (nSPS) is 15.2. The summed E-state index contributed by atoms with van der Waals surface area (Å²) in [4.78, 5) is 47.3. The van der Waals surface area contributed by atoms with Crippen LogP contribution in [0.5, 0.6) is 11.5 Å². The highest BCUT2D eigenvalue weighted by atomic mass is 16.6. The largest absolute Gasteiger partial charge is 0.493 e. The molecule has 0 saturated carbocycles. The number of amides is 2. The van der Waals surface area contributed by atoms with Gasteiger partial charge in [-0.25, -0.2) is 14.4 Å². The lowest BCUT2D eigenvalue weighted by atomic mass is 9.95. The summed E-state index contributed by atoms with van der Waals surface area (Å²) in [5, 5.41) is 16.2. The van der Waals surface area contributed by atoms with E-state index in [0.29, 0.717) is 11.3 Å². The van der Waals surface area contributed by atoms with Crippen LogP contribution in [0.2, 0.25) is 0 Å².